The van der Waals surface area contributed by atoms with Crippen LogP contribution >= 0.6 is 23.2 Å². The SMILES string of the molecule is NC(=NO)C1CCCN1C(=O)c1cc(Cl)ccc1Cl. The van der Waals surface area contributed by atoms with Gasteiger partial charge in [-0.05, 0) is 31.0 Å². The normalized spacial score (nSPS) is 19.8. The van der Waals surface area contributed by atoms with Crippen LogP contribution in [-0.4, -0.2) is 34.4 Å². The highest BCUT2D eigenvalue weighted by Gasteiger charge is 2.33. The summed E-state index contributed by atoms with van der Waals surface area (Å²) < 4.78 is 0. The minimum atomic E-state index is -0.396. The number of amides is 1. The Morgan fingerprint density at radius 3 is 2.89 bits per heavy atom. The van der Waals surface area contributed by atoms with Gasteiger partial charge in [0.05, 0.1) is 16.6 Å². The van der Waals surface area contributed by atoms with Crippen molar-refractivity contribution in [2.75, 3.05) is 6.54 Å². The number of hydrogen-bond acceptors (Lipinski definition) is 3. The summed E-state index contributed by atoms with van der Waals surface area (Å²) in [6.07, 6.45) is 1.46. The van der Waals surface area contributed by atoms with Gasteiger partial charge in [0, 0.05) is 11.6 Å². The van der Waals surface area contributed by atoms with Gasteiger partial charge in [-0.1, -0.05) is 28.4 Å². The lowest BCUT2D eigenvalue weighted by Gasteiger charge is -2.24. The van der Waals surface area contributed by atoms with Crippen molar-refractivity contribution in [2.45, 2.75) is 18.9 Å². The molecule has 1 aliphatic heterocycles. The standard InChI is InChI=1S/C12H13Cl2N3O2/c13-7-3-4-9(14)8(6-7)12(18)17-5-1-2-10(17)11(15)16-19/h3-4,6,10,19H,1-2,5H2,(H2,15,16). The van der Waals surface area contributed by atoms with Crippen LogP contribution < -0.4 is 5.73 Å². The number of hydrogen-bond donors (Lipinski definition) is 2. The lowest BCUT2D eigenvalue weighted by Crippen LogP contribution is -2.44. The lowest BCUT2D eigenvalue weighted by molar-refractivity contribution is 0.0768. The van der Waals surface area contributed by atoms with Crippen molar-refractivity contribution in [3.63, 3.8) is 0 Å². The zero-order valence-electron chi connectivity index (χ0n) is 10.0. The molecule has 1 atom stereocenters. The van der Waals surface area contributed by atoms with Crippen molar-refractivity contribution in [3.05, 3.63) is 33.8 Å². The molecule has 3 N–H and O–H groups in total. The molecule has 5 nitrogen and oxygen atoms in total. The van der Waals surface area contributed by atoms with Crippen LogP contribution in [-0.2, 0) is 0 Å². The molecule has 1 fully saturated rings. The zero-order valence-corrected chi connectivity index (χ0v) is 11.5. The van der Waals surface area contributed by atoms with Crippen LogP contribution in [0.3, 0.4) is 0 Å². The fourth-order valence-electron chi connectivity index (χ4n) is 2.20. The number of benzene rings is 1. The van der Waals surface area contributed by atoms with E-state index >= 15 is 0 Å². The molecule has 2 rings (SSSR count). The molecule has 1 aliphatic rings. The highest BCUT2D eigenvalue weighted by molar-refractivity contribution is 6.35. The maximum absolute atomic E-state index is 12.4. The van der Waals surface area contributed by atoms with Crippen molar-refractivity contribution < 1.29 is 10.0 Å². The minimum Gasteiger partial charge on any atom is -0.409 e. The van der Waals surface area contributed by atoms with Crippen molar-refractivity contribution >= 4 is 34.9 Å². The molecule has 0 saturated carbocycles. The number of amidine groups is 1. The molecule has 0 spiro atoms. The van der Waals surface area contributed by atoms with Crippen LogP contribution in [0.15, 0.2) is 23.4 Å². The smallest absolute Gasteiger partial charge is 0.256 e. The summed E-state index contributed by atoms with van der Waals surface area (Å²) in [6.45, 7) is 0.544. The maximum Gasteiger partial charge on any atom is 0.256 e. The van der Waals surface area contributed by atoms with Gasteiger partial charge in [0.2, 0.25) is 0 Å². The van der Waals surface area contributed by atoms with Crippen LogP contribution in [0.4, 0.5) is 0 Å². The fraction of sp³-hybridized carbons (Fsp3) is 0.333. The maximum atomic E-state index is 12.4. The van der Waals surface area contributed by atoms with Gasteiger partial charge in [0.15, 0.2) is 5.84 Å². The third-order valence-corrected chi connectivity index (χ3v) is 3.69. The Morgan fingerprint density at radius 1 is 1.47 bits per heavy atom. The Balaban J connectivity index is 2.31. The number of carbonyl (C=O) groups is 1. The van der Waals surface area contributed by atoms with Crippen molar-refractivity contribution in [2.24, 2.45) is 10.9 Å². The van der Waals surface area contributed by atoms with E-state index in [0.717, 1.165) is 6.42 Å². The molecule has 1 saturated heterocycles. The van der Waals surface area contributed by atoms with E-state index in [9.17, 15) is 4.79 Å². The van der Waals surface area contributed by atoms with Gasteiger partial charge in [0.25, 0.3) is 5.91 Å². The molecular weight excluding hydrogens is 289 g/mol. The minimum absolute atomic E-state index is 0.0315. The molecule has 1 aromatic rings. The quantitative estimate of drug-likeness (QED) is 0.381. The second kappa shape index (κ2) is 5.67. The van der Waals surface area contributed by atoms with Crippen LogP contribution in [0.5, 0.6) is 0 Å². The topological polar surface area (TPSA) is 78.9 Å². The first-order valence-electron chi connectivity index (χ1n) is 5.78. The van der Waals surface area contributed by atoms with E-state index in [0.29, 0.717) is 28.6 Å². The first-order valence-corrected chi connectivity index (χ1v) is 6.53. The predicted octanol–water partition coefficient (Wildman–Crippen LogP) is 2.34. The summed E-state index contributed by atoms with van der Waals surface area (Å²) in [4.78, 5) is 14.0. The second-order valence-electron chi connectivity index (χ2n) is 4.31. The Hall–Kier alpha value is -1.46. The Bertz CT molecular complexity index is 534. The van der Waals surface area contributed by atoms with Crippen LogP contribution in [0, 0.1) is 0 Å². The predicted molar refractivity (Wildman–Crippen MR) is 73.9 cm³/mol. The largest absolute Gasteiger partial charge is 0.409 e. The molecule has 0 bridgehead atoms. The van der Waals surface area contributed by atoms with Crippen LogP contribution in [0.2, 0.25) is 10.0 Å². The molecule has 102 valence electrons. The van der Waals surface area contributed by atoms with E-state index in [-0.39, 0.29) is 11.7 Å². The van der Waals surface area contributed by atoms with E-state index in [4.69, 9.17) is 34.1 Å². The van der Waals surface area contributed by atoms with E-state index in [2.05, 4.69) is 5.16 Å². The number of halogens is 2. The highest BCUT2D eigenvalue weighted by Crippen LogP contribution is 2.26. The van der Waals surface area contributed by atoms with Gasteiger partial charge in [-0.3, -0.25) is 4.79 Å². The summed E-state index contributed by atoms with van der Waals surface area (Å²) in [5.74, 6) is -0.231. The molecule has 1 heterocycles. The van der Waals surface area contributed by atoms with Gasteiger partial charge >= 0.3 is 0 Å². The van der Waals surface area contributed by atoms with Crippen LogP contribution in [0.25, 0.3) is 0 Å². The number of oxime groups is 1. The van der Waals surface area contributed by atoms with Gasteiger partial charge in [-0.15, -0.1) is 0 Å². The number of rotatable bonds is 2. The zero-order chi connectivity index (χ0) is 14.0. The molecule has 1 amide bonds. The number of nitrogens with zero attached hydrogens (tertiary/aromatic N) is 2. The first kappa shape index (κ1) is 14.0. The van der Waals surface area contributed by atoms with Crippen molar-refractivity contribution in [1.29, 1.82) is 0 Å². The molecule has 1 aromatic carbocycles. The second-order valence-corrected chi connectivity index (χ2v) is 5.15. The molecule has 0 aliphatic carbocycles. The third kappa shape index (κ3) is 2.77. The molecule has 1 unspecified atom stereocenters. The average Bonchev–Trinajstić information content (AvgIpc) is 2.89. The number of likely N-dealkylation sites (tertiary alicyclic amines) is 1. The molecule has 19 heavy (non-hydrogen) atoms. The van der Waals surface area contributed by atoms with E-state index < -0.39 is 6.04 Å². The Labute approximate surface area is 120 Å². The molecular formula is C12H13Cl2N3O2. The fourth-order valence-corrected chi connectivity index (χ4v) is 2.57. The van der Waals surface area contributed by atoms with Gasteiger partial charge in [0.1, 0.15) is 0 Å². The number of nitrogens with two attached hydrogens (primary N) is 1. The summed E-state index contributed by atoms with van der Waals surface area (Å²) in [7, 11) is 0. The van der Waals surface area contributed by atoms with E-state index in [1.807, 2.05) is 0 Å². The first-order chi connectivity index (χ1) is 9.04. The Morgan fingerprint density at radius 2 is 2.21 bits per heavy atom. The summed E-state index contributed by atoms with van der Waals surface area (Å²) in [5.41, 5.74) is 5.93. The van der Waals surface area contributed by atoms with E-state index in [1.165, 1.54) is 6.07 Å². The molecule has 0 aromatic heterocycles. The van der Waals surface area contributed by atoms with Crippen molar-refractivity contribution in [1.82, 2.24) is 4.90 Å². The van der Waals surface area contributed by atoms with Crippen LogP contribution in [0.1, 0.15) is 23.2 Å². The van der Waals surface area contributed by atoms with Gasteiger partial charge in [-0.25, -0.2) is 0 Å². The Kier molecular flexibility index (Phi) is 4.17. The van der Waals surface area contributed by atoms with Gasteiger partial charge < -0.3 is 15.8 Å². The highest BCUT2D eigenvalue weighted by atomic mass is 35.5. The summed E-state index contributed by atoms with van der Waals surface area (Å²) in [6, 6.07) is 4.32. The van der Waals surface area contributed by atoms with Gasteiger partial charge in [-0.2, -0.15) is 0 Å². The lowest BCUT2D eigenvalue weighted by atomic mass is 10.1. The third-order valence-electron chi connectivity index (χ3n) is 3.13. The van der Waals surface area contributed by atoms with Crippen molar-refractivity contribution in [3.8, 4) is 0 Å². The monoisotopic (exact) mass is 301 g/mol. The van der Waals surface area contributed by atoms with E-state index in [1.54, 1.807) is 17.0 Å². The summed E-state index contributed by atoms with van der Waals surface area (Å²) in [5, 5.41) is 12.5. The number of carbonyl (C=O) groups excluding carboxylic acids is 1. The molecule has 0 radical (unpaired) electrons. The average molecular weight is 302 g/mol. The molecule has 7 heteroatoms. The summed E-state index contributed by atoms with van der Waals surface area (Å²) >= 11 is 11.9.